The summed E-state index contributed by atoms with van der Waals surface area (Å²) in [6.07, 6.45) is 3.90. The number of rotatable bonds is 7. The molecule has 0 amide bonds. The van der Waals surface area contributed by atoms with E-state index in [1.807, 2.05) is 29.0 Å². The van der Waals surface area contributed by atoms with Crippen LogP contribution in [0.15, 0.2) is 48.9 Å². The van der Waals surface area contributed by atoms with Gasteiger partial charge >= 0.3 is 0 Å². The summed E-state index contributed by atoms with van der Waals surface area (Å²) in [7, 11) is 0. The van der Waals surface area contributed by atoms with Crippen LogP contribution in [0.3, 0.4) is 0 Å². The number of nitrogens with one attached hydrogen (secondary N) is 3. The number of anilines is 1. The molecule has 0 radical (unpaired) electrons. The highest BCUT2D eigenvalue weighted by molar-refractivity contribution is 5.81. The number of aromatic nitrogens is 4. The fraction of sp³-hybridized carbons (Fsp3) is 0.375. The van der Waals surface area contributed by atoms with Gasteiger partial charge in [0.1, 0.15) is 11.3 Å². The molecule has 33 heavy (non-hydrogen) atoms. The van der Waals surface area contributed by atoms with Crippen molar-refractivity contribution < 1.29 is 13.9 Å². The lowest BCUT2D eigenvalue weighted by Crippen LogP contribution is -2.20. The molecule has 172 valence electrons. The van der Waals surface area contributed by atoms with E-state index in [1.165, 1.54) is 0 Å². The maximum atomic E-state index is 12.5. The lowest BCUT2D eigenvalue weighted by atomic mass is 9.97. The van der Waals surface area contributed by atoms with Crippen LogP contribution in [-0.2, 0) is 6.42 Å². The van der Waals surface area contributed by atoms with Gasteiger partial charge in [0.05, 0.1) is 35.9 Å². The smallest absolute Gasteiger partial charge is 0.255 e. The highest BCUT2D eigenvalue weighted by atomic mass is 19.3. The molecule has 0 unspecified atom stereocenters. The molecule has 1 saturated carbocycles. The average molecular weight is 453 g/mol. The molecule has 0 saturated heterocycles. The van der Waals surface area contributed by atoms with E-state index in [4.69, 9.17) is 5.41 Å². The maximum Gasteiger partial charge on any atom is 0.255 e. The molecular formula is C24H26F2N6O. The van der Waals surface area contributed by atoms with E-state index in [2.05, 4.69) is 26.3 Å². The molecule has 1 aromatic carbocycles. The third-order valence-electron chi connectivity index (χ3n) is 6.52. The molecule has 4 N–H and O–H groups in total. The fourth-order valence-corrected chi connectivity index (χ4v) is 4.85. The molecule has 7 nitrogen and oxygen atoms in total. The molecule has 3 atom stereocenters. The SMILES string of the molecule is N=c1ccn([C@@H]2C[C@H](CCc3ccc4ccc(NCC(F)F)nc4c3)C[C@H]2O)c2nc[nH]c12. The maximum absolute atomic E-state index is 12.5. The number of alkyl halides is 2. The van der Waals surface area contributed by atoms with Crippen molar-refractivity contribution in [2.45, 2.75) is 44.3 Å². The number of hydrogen-bond acceptors (Lipinski definition) is 5. The third kappa shape index (κ3) is 4.45. The van der Waals surface area contributed by atoms with E-state index in [9.17, 15) is 13.9 Å². The van der Waals surface area contributed by atoms with E-state index in [1.54, 1.807) is 18.5 Å². The van der Waals surface area contributed by atoms with Crippen LogP contribution in [0.4, 0.5) is 14.6 Å². The van der Waals surface area contributed by atoms with Crippen LogP contribution in [0.25, 0.3) is 22.1 Å². The summed E-state index contributed by atoms with van der Waals surface area (Å²) in [5, 5.41) is 22.8. The first kappa shape index (κ1) is 21.5. The van der Waals surface area contributed by atoms with Gasteiger partial charge in [-0.15, -0.1) is 0 Å². The molecule has 3 heterocycles. The topological polar surface area (TPSA) is 103 Å². The van der Waals surface area contributed by atoms with Crippen LogP contribution in [-0.4, -0.2) is 43.7 Å². The van der Waals surface area contributed by atoms with Crippen LogP contribution < -0.4 is 10.7 Å². The van der Waals surface area contributed by atoms with Crippen LogP contribution in [0, 0.1) is 11.3 Å². The summed E-state index contributed by atoms with van der Waals surface area (Å²) in [5.41, 5.74) is 3.30. The summed E-state index contributed by atoms with van der Waals surface area (Å²) >= 11 is 0. The molecule has 9 heteroatoms. The van der Waals surface area contributed by atoms with E-state index >= 15 is 0 Å². The van der Waals surface area contributed by atoms with Gasteiger partial charge < -0.3 is 20.0 Å². The van der Waals surface area contributed by atoms with Crippen molar-refractivity contribution in [3.8, 4) is 0 Å². The molecule has 0 spiro atoms. The summed E-state index contributed by atoms with van der Waals surface area (Å²) in [5.74, 6) is 0.812. The predicted octanol–water partition coefficient (Wildman–Crippen LogP) is 4.01. The Kier molecular flexibility index (Phi) is 5.80. The summed E-state index contributed by atoms with van der Waals surface area (Å²) in [6.45, 7) is -0.420. The second-order valence-corrected chi connectivity index (χ2v) is 8.74. The Balaban J connectivity index is 1.27. The van der Waals surface area contributed by atoms with Gasteiger partial charge in [0, 0.05) is 11.6 Å². The Morgan fingerprint density at radius 3 is 2.91 bits per heavy atom. The summed E-state index contributed by atoms with van der Waals surface area (Å²) < 4.78 is 26.9. The van der Waals surface area contributed by atoms with Gasteiger partial charge in [-0.25, -0.2) is 18.7 Å². The van der Waals surface area contributed by atoms with E-state index in [-0.39, 0.29) is 6.04 Å². The molecule has 3 aromatic heterocycles. The fourth-order valence-electron chi connectivity index (χ4n) is 4.85. The third-order valence-corrected chi connectivity index (χ3v) is 6.52. The zero-order valence-corrected chi connectivity index (χ0v) is 18.0. The monoisotopic (exact) mass is 452 g/mol. The van der Waals surface area contributed by atoms with Crippen molar-refractivity contribution in [1.29, 1.82) is 5.41 Å². The van der Waals surface area contributed by atoms with Crippen molar-refractivity contribution in [3.05, 3.63) is 59.8 Å². The number of aryl methyl sites for hydroxylation is 1. The molecule has 1 aliphatic carbocycles. The van der Waals surface area contributed by atoms with Crippen LogP contribution >= 0.6 is 0 Å². The number of halogens is 2. The largest absolute Gasteiger partial charge is 0.391 e. The van der Waals surface area contributed by atoms with Crippen LogP contribution in [0.5, 0.6) is 0 Å². The number of aliphatic hydroxyl groups is 1. The first-order valence-electron chi connectivity index (χ1n) is 11.2. The molecule has 0 bridgehead atoms. The minimum Gasteiger partial charge on any atom is -0.391 e. The van der Waals surface area contributed by atoms with E-state index in [0.717, 1.165) is 42.1 Å². The van der Waals surface area contributed by atoms with Gasteiger partial charge in [-0.1, -0.05) is 12.1 Å². The van der Waals surface area contributed by atoms with Gasteiger partial charge in [0.15, 0.2) is 5.65 Å². The van der Waals surface area contributed by atoms with Gasteiger partial charge in [-0.05, 0) is 61.4 Å². The highest BCUT2D eigenvalue weighted by Gasteiger charge is 2.34. The Hall–Kier alpha value is -3.33. The summed E-state index contributed by atoms with van der Waals surface area (Å²) in [6, 6.07) is 11.4. The Morgan fingerprint density at radius 1 is 1.21 bits per heavy atom. The number of imidazole rings is 1. The number of benzene rings is 1. The van der Waals surface area contributed by atoms with Crippen molar-refractivity contribution in [2.75, 3.05) is 11.9 Å². The van der Waals surface area contributed by atoms with Crippen molar-refractivity contribution in [1.82, 2.24) is 19.5 Å². The number of nitrogens with zero attached hydrogens (tertiary/aromatic N) is 3. The number of H-pyrrole nitrogens is 1. The second-order valence-electron chi connectivity index (χ2n) is 8.74. The lowest BCUT2D eigenvalue weighted by Gasteiger charge is -2.19. The Morgan fingerprint density at radius 2 is 2.06 bits per heavy atom. The van der Waals surface area contributed by atoms with Crippen LogP contribution in [0.1, 0.15) is 30.9 Å². The van der Waals surface area contributed by atoms with Gasteiger partial charge in [0.25, 0.3) is 6.43 Å². The number of hydrogen-bond donors (Lipinski definition) is 4. The zero-order valence-electron chi connectivity index (χ0n) is 18.0. The Bertz CT molecular complexity index is 1330. The van der Waals surface area contributed by atoms with E-state index < -0.39 is 19.1 Å². The van der Waals surface area contributed by atoms with Crippen molar-refractivity contribution in [3.63, 3.8) is 0 Å². The van der Waals surface area contributed by atoms with Gasteiger partial charge in [0.2, 0.25) is 0 Å². The summed E-state index contributed by atoms with van der Waals surface area (Å²) in [4.78, 5) is 11.8. The molecular weight excluding hydrogens is 426 g/mol. The van der Waals surface area contributed by atoms with Gasteiger partial charge in [-0.3, -0.25) is 5.41 Å². The number of fused-ring (bicyclic) bond motifs is 2. The lowest BCUT2D eigenvalue weighted by molar-refractivity contribution is 0.136. The predicted molar refractivity (Wildman–Crippen MR) is 122 cm³/mol. The minimum absolute atomic E-state index is 0.0665. The van der Waals surface area contributed by atoms with E-state index in [0.29, 0.717) is 28.3 Å². The normalized spacial score (nSPS) is 20.8. The molecule has 0 aliphatic heterocycles. The molecule has 5 rings (SSSR count). The zero-order chi connectivity index (χ0) is 22.9. The van der Waals surface area contributed by atoms with Gasteiger partial charge in [-0.2, -0.15) is 0 Å². The minimum atomic E-state index is -2.42. The number of aliphatic hydroxyl groups excluding tert-OH is 1. The quantitative estimate of drug-likeness (QED) is 0.340. The number of pyridine rings is 2. The standard InChI is InChI=1S/C24H26F2N6O/c25-21(26)12-28-22-6-5-16-4-3-14(9-18(16)31-22)1-2-15-10-19(20(33)11-15)32-8-7-17(27)23-24(32)30-13-29-23/h3-9,13,15,19-21,27,33H,1-2,10-12H2,(H,28,31)(H,29,30)/t15-,19+,20+/m0/s1. The van der Waals surface area contributed by atoms with Crippen molar-refractivity contribution >= 4 is 27.9 Å². The first-order valence-corrected chi connectivity index (χ1v) is 11.2. The highest BCUT2D eigenvalue weighted by Crippen LogP contribution is 2.38. The number of aromatic amines is 1. The Labute approximate surface area is 189 Å². The van der Waals surface area contributed by atoms with Crippen LogP contribution in [0.2, 0.25) is 0 Å². The molecule has 1 aliphatic rings. The first-order chi connectivity index (χ1) is 16.0. The average Bonchev–Trinajstić information content (AvgIpc) is 3.44. The van der Waals surface area contributed by atoms with Crippen molar-refractivity contribution in [2.24, 2.45) is 5.92 Å². The second kappa shape index (κ2) is 8.90. The molecule has 4 aromatic rings. The molecule has 1 fully saturated rings.